The van der Waals surface area contributed by atoms with Gasteiger partial charge in [0.25, 0.3) is 0 Å². The molecule has 0 nitrogen and oxygen atoms in total. The van der Waals surface area contributed by atoms with Gasteiger partial charge in [0.2, 0.25) is 0 Å². The Balaban J connectivity index is 1.68. The van der Waals surface area contributed by atoms with Crippen molar-refractivity contribution in [2.45, 2.75) is 77.6 Å². The van der Waals surface area contributed by atoms with Crippen LogP contribution >= 0.6 is 0 Å². The monoisotopic (exact) mass is 406 g/mol. The number of halogens is 4. The molecule has 0 radical (unpaired) electrons. The van der Waals surface area contributed by atoms with E-state index in [1.165, 1.54) is 44.2 Å². The molecule has 0 heterocycles. The van der Waals surface area contributed by atoms with E-state index >= 15 is 0 Å². The lowest BCUT2D eigenvalue weighted by Crippen LogP contribution is -2.13. The van der Waals surface area contributed by atoms with Gasteiger partial charge in [-0.25, -0.2) is 17.6 Å². The van der Waals surface area contributed by atoms with Crippen LogP contribution in [0.4, 0.5) is 17.6 Å². The van der Waals surface area contributed by atoms with Gasteiger partial charge < -0.3 is 0 Å². The molecule has 0 aliphatic heterocycles. The van der Waals surface area contributed by atoms with Crippen molar-refractivity contribution in [3.05, 3.63) is 58.7 Å². The van der Waals surface area contributed by atoms with Crippen molar-refractivity contribution in [3.63, 3.8) is 0 Å². The third-order valence-corrected chi connectivity index (χ3v) is 6.46. The van der Waals surface area contributed by atoms with E-state index in [1.54, 1.807) is 6.07 Å². The minimum atomic E-state index is -1.26. The number of rotatable bonds is 7. The van der Waals surface area contributed by atoms with Gasteiger partial charge in [-0.3, -0.25) is 0 Å². The summed E-state index contributed by atoms with van der Waals surface area (Å²) < 4.78 is 56.7. The molecule has 1 fully saturated rings. The summed E-state index contributed by atoms with van der Waals surface area (Å²) in [5, 5.41) is 0. The lowest BCUT2D eigenvalue weighted by atomic mass is 9.77. The minimum absolute atomic E-state index is 0.103. The molecule has 0 N–H and O–H groups in total. The van der Waals surface area contributed by atoms with Crippen LogP contribution < -0.4 is 0 Å². The van der Waals surface area contributed by atoms with Crippen molar-refractivity contribution in [1.29, 1.82) is 0 Å². The van der Waals surface area contributed by atoms with Gasteiger partial charge in [0.1, 0.15) is 11.6 Å². The molecule has 0 spiro atoms. The fourth-order valence-corrected chi connectivity index (χ4v) is 4.53. The third-order valence-electron chi connectivity index (χ3n) is 6.46. The molecule has 158 valence electrons. The molecule has 0 unspecified atom stereocenters. The van der Waals surface area contributed by atoms with Crippen molar-refractivity contribution in [2.24, 2.45) is 5.92 Å². The molecule has 0 aromatic heterocycles. The molecule has 1 aliphatic carbocycles. The molecular formula is C25H30F4. The van der Waals surface area contributed by atoms with E-state index in [-0.39, 0.29) is 11.1 Å². The average molecular weight is 407 g/mol. The zero-order chi connectivity index (χ0) is 21.0. The summed E-state index contributed by atoms with van der Waals surface area (Å²) in [4.78, 5) is 0. The van der Waals surface area contributed by atoms with Gasteiger partial charge in [-0.2, -0.15) is 0 Å². The van der Waals surface area contributed by atoms with Gasteiger partial charge in [-0.05, 0) is 62.1 Å². The Labute approximate surface area is 171 Å². The van der Waals surface area contributed by atoms with Crippen LogP contribution in [-0.2, 0) is 0 Å². The molecule has 0 amide bonds. The maximum atomic E-state index is 14.7. The van der Waals surface area contributed by atoms with Crippen molar-refractivity contribution in [2.75, 3.05) is 0 Å². The van der Waals surface area contributed by atoms with Crippen molar-refractivity contribution >= 4 is 0 Å². The van der Waals surface area contributed by atoms with E-state index in [0.29, 0.717) is 5.92 Å². The number of unbranched alkanes of at least 4 members (excludes halogenated alkanes) is 3. The molecule has 4 heteroatoms. The van der Waals surface area contributed by atoms with Gasteiger partial charge in [-0.15, -0.1) is 0 Å². The van der Waals surface area contributed by atoms with Crippen LogP contribution in [0.15, 0.2) is 24.3 Å². The highest BCUT2D eigenvalue weighted by molar-refractivity contribution is 5.66. The van der Waals surface area contributed by atoms with Crippen LogP contribution in [0.3, 0.4) is 0 Å². The summed E-state index contributed by atoms with van der Waals surface area (Å²) in [6.07, 6.45) is 10.8. The standard InChI is InChI=1S/C25H30F4/c1-3-4-5-6-7-17-8-10-18(11-9-17)19-12-13-20(23(27)14-19)21-15-22(26)16(2)24(28)25(21)29/h12-15,17-18H,3-11H2,1-2H3. The first-order valence-corrected chi connectivity index (χ1v) is 10.9. The highest BCUT2D eigenvalue weighted by Crippen LogP contribution is 2.39. The van der Waals surface area contributed by atoms with Crippen LogP contribution in [0.5, 0.6) is 0 Å². The SMILES string of the molecule is CCCCCCC1CCC(c2ccc(-c3cc(F)c(C)c(F)c3F)c(F)c2)CC1. The largest absolute Gasteiger partial charge is 0.207 e. The summed E-state index contributed by atoms with van der Waals surface area (Å²) in [5.41, 5.74) is 0.0259. The van der Waals surface area contributed by atoms with Gasteiger partial charge >= 0.3 is 0 Å². The average Bonchev–Trinajstić information content (AvgIpc) is 2.73. The van der Waals surface area contributed by atoms with Crippen LogP contribution in [0.25, 0.3) is 11.1 Å². The topological polar surface area (TPSA) is 0 Å². The first kappa shape index (κ1) is 21.9. The second-order valence-corrected chi connectivity index (χ2v) is 8.47. The number of benzene rings is 2. The van der Waals surface area contributed by atoms with Gasteiger partial charge in [0.05, 0.1) is 0 Å². The molecule has 29 heavy (non-hydrogen) atoms. The van der Waals surface area contributed by atoms with Crippen LogP contribution in [0, 0.1) is 36.1 Å². The lowest BCUT2D eigenvalue weighted by Gasteiger charge is -2.29. The smallest absolute Gasteiger partial charge is 0.167 e. The first-order chi connectivity index (χ1) is 13.9. The summed E-state index contributed by atoms with van der Waals surface area (Å²) >= 11 is 0. The van der Waals surface area contributed by atoms with Gasteiger partial charge in [0, 0.05) is 16.7 Å². The fraction of sp³-hybridized carbons (Fsp3) is 0.520. The van der Waals surface area contributed by atoms with E-state index in [1.807, 2.05) is 0 Å². The van der Waals surface area contributed by atoms with Crippen molar-refractivity contribution in [1.82, 2.24) is 0 Å². The zero-order valence-corrected chi connectivity index (χ0v) is 17.3. The Kier molecular flexibility index (Phi) is 7.37. The zero-order valence-electron chi connectivity index (χ0n) is 17.3. The summed E-state index contributed by atoms with van der Waals surface area (Å²) in [6.45, 7) is 3.38. The number of hydrogen-bond acceptors (Lipinski definition) is 0. The Morgan fingerprint density at radius 1 is 0.793 bits per heavy atom. The molecule has 3 rings (SSSR count). The number of hydrogen-bond donors (Lipinski definition) is 0. The van der Waals surface area contributed by atoms with E-state index < -0.39 is 28.8 Å². The molecular weight excluding hydrogens is 376 g/mol. The lowest BCUT2D eigenvalue weighted by molar-refractivity contribution is 0.302. The highest BCUT2D eigenvalue weighted by atomic mass is 19.2. The molecule has 1 saturated carbocycles. The predicted octanol–water partition coefficient (Wildman–Crippen LogP) is 8.46. The quantitative estimate of drug-likeness (QED) is 0.246. The Hall–Kier alpha value is -1.84. The normalized spacial score (nSPS) is 19.5. The molecule has 0 saturated heterocycles. The Morgan fingerprint density at radius 3 is 2.17 bits per heavy atom. The second kappa shape index (κ2) is 9.77. The van der Waals surface area contributed by atoms with Crippen LogP contribution in [-0.4, -0.2) is 0 Å². The fourth-order valence-electron chi connectivity index (χ4n) is 4.53. The predicted molar refractivity (Wildman–Crippen MR) is 110 cm³/mol. The van der Waals surface area contributed by atoms with Crippen molar-refractivity contribution < 1.29 is 17.6 Å². The van der Waals surface area contributed by atoms with Crippen LogP contribution in [0.2, 0.25) is 0 Å². The third kappa shape index (κ3) is 5.02. The van der Waals surface area contributed by atoms with E-state index in [0.717, 1.165) is 50.2 Å². The van der Waals surface area contributed by atoms with Crippen LogP contribution in [0.1, 0.15) is 81.8 Å². The summed E-state index contributed by atoms with van der Waals surface area (Å²) in [6, 6.07) is 5.51. The molecule has 2 aromatic carbocycles. The summed E-state index contributed by atoms with van der Waals surface area (Å²) in [7, 11) is 0. The second-order valence-electron chi connectivity index (χ2n) is 8.47. The molecule has 1 aliphatic rings. The maximum Gasteiger partial charge on any atom is 0.167 e. The van der Waals surface area contributed by atoms with Crippen molar-refractivity contribution in [3.8, 4) is 11.1 Å². The van der Waals surface area contributed by atoms with E-state index in [2.05, 4.69) is 6.92 Å². The maximum absolute atomic E-state index is 14.7. The van der Waals surface area contributed by atoms with E-state index in [9.17, 15) is 17.6 Å². The highest BCUT2D eigenvalue weighted by Gasteiger charge is 2.24. The van der Waals surface area contributed by atoms with Gasteiger partial charge in [-0.1, -0.05) is 51.2 Å². The molecule has 2 aromatic rings. The minimum Gasteiger partial charge on any atom is -0.207 e. The van der Waals surface area contributed by atoms with Gasteiger partial charge in [0.15, 0.2) is 11.6 Å². The molecule has 0 atom stereocenters. The van der Waals surface area contributed by atoms with E-state index in [4.69, 9.17) is 0 Å². The Bertz CT molecular complexity index is 835. The summed E-state index contributed by atoms with van der Waals surface area (Å²) in [5.74, 6) is -2.92. The Morgan fingerprint density at radius 2 is 1.52 bits per heavy atom. The first-order valence-electron chi connectivity index (χ1n) is 10.9. The molecule has 0 bridgehead atoms.